The molecule has 2 N–H and O–H groups in total. The van der Waals surface area contributed by atoms with Crippen molar-refractivity contribution >= 4 is 12.0 Å². The quantitative estimate of drug-likeness (QED) is 0.399. The molecule has 0 fully saturated rings. The molecule has 2 aromatic rings. The smallest absolute Gasteiger partial charge is 0.338 e. The number of hydrogen-bond acceptors (Lipinski definition) is 6. The zero-order valence-electron chi connectivity index (χ0n) is 21.0. The highest BCUT2D eigenvalue weighted by molar-refractivity contribution is 5.95. The maximum atomic E-state index is 12.5. The summed E-state index contributed by atoms with van der Waals surface area (Å²) in [7, 11) is 0. The molecule has 190 valence electrons. The van der Waals surface area contributed by atoms with Crippen LogP contribution in [-0.4, -0.2) is 33.6 Å². The van der Waals surface area contributed by atoms with Crippen molar-refractivity contribution in [2.75, 3.05) is 6.61 Å². The lowest BCUT2D eigenvalue weighted by molar-refractivity contribution is -0.139. The highest BCUT2D eigenvalue weighted by Gasteiger charge is 2.32. The molecule has 9 nitrogen and oxygen atoms in total. The molecular formula is C27H33N5O4. The van der Waals surface area contributed by atoms with Gasteiger partial charge in [-0.2, -0.15) is 0 Å². The van der Waals surface area contributed by atoms with E-state index in [1.54, 1.807) is 26.0 Å². The molecule has 4 rings (SSSR count). The van der Waals surface area contributed by atoms with Gasteiger partial charge in [-0.15, -0.1) is 5.10 Å². The zero-order valence-corrected chi connectivity index (χ0v) is 21.0. The predicted molar refractivity (Wildman–Crippen MR) is 135 cm³/mol. The first-order chi connectivity index (χ1) is 17.3. The van der Waals surface area contributed by atoms with Gasteiger partial charge in [-0.05, 0) is 63.6 Å². The third kappa shape index (κ3) is 6.02. The molecule has 0 saturated heterocycles. The second-order valence-electron chi connectivity index (χ2n) is 9.24. The molecule has 2 aliphatic rings. The van der Waals surface area contributed by atoms with Crippen LogP contribution in [-0.2, 0) is 22.7 Å². The van der Waals surface area contributed by atoms with Crippen molar-refractivity contribution in [2.45, 2.75) is 59.2 Å². The van der Waals surface area contributed by atoms with Gasteiger partial charge in [-0.25, -0.2) is 14.3 Å². The fourth-order valence-corrected chi connectivity index (χ4v) is 4.51. The Morgan fingerprint density at radius 3 is 2.72 bits per heavy atom. The number of allylic oxidation sites excluding steroid dienone is 4. The summed E-state index contributed by atoms with van der Waals surface area (Å²) in [5.41, 5.74) is 4.97. The number of urea groups is 1. The van der Waals surface area contributed by atoms with Gasteiger partial charge in [0.1, 0.15) is 18.1 Å². The number of benzene rings is 1. The Bertz CT molecular complexity index is 1200. The van der Waals surface area contributed by atoms with Crippen LogP contribution >= 0.6 is 0 Å². The summed E-state index contributed by atoms with van der Waals surface area (Å²) in [6.07, 6.45) is 7.45. The van der Waals surface area contributed by atoms with Crippen LogP contribution in [0.5, 0.6) is 5.75 Å². The average Bonchev–Trinajstić information content (AvgIpc) is 3.30. The summed E-state index contributed by atoms with van der Waals surface area (Å²) in [6, 6.07) is 6.28. The maximum Gasteiger partial charge on any atom is 0.338 e. The van der Waals surface area contributed by atoms with Crippen LogP contribution in [0.2, 0.25) is 0 Å². The van der Waals surface area contributed by atoms with Crippen LogP contribution in [0.25, 0.3) is 0 Å². The highest BCUT2D eigenvalue weighted by Crippen LogP contribution is 2.30. The molecule has 1 aromatic carbocycles. The molecule has 2 heterocycles. The van der Waals surface area contributed by atoms with E-state index in [-0.39, 0.29) is 19.2 Å². The summed E-state index contributed by atoms with van der Waals surface area (Å²) >= 11 is 0. The monoisotopic (exact) mass is 491 g/mol. The average molecular weight is 492 g/mol. The number of carbonyl (C=O) groups excluding carboxylic acids is 2. The van der Waals surface area contributed by atoms with Gasteiger partial charge in [0.25, 0.3) is 0 Å². The van der Waals surface area contributed by atoms with Crippen molar-refractivity contribution in [2.24, 2.45) is 5.92 Å². The van der Waals surface area contributed by atoms with E-state index in [1.807, 2.05) is 23.0 Å². The second-order valence-corrected chi connectivity index (χ2v) is 9.24. The fourth-order valence-electron chi connectivity index (χ4n) is 4.51. The third-order valence-corrected chi connectivity index (χ3v) is 6.52. The van der Waals surface area contributed by atoms with Gasteiger partial charge in [-0.3, -0.25) is 0 Å². The van der Waals surface area contributed by atoms with Gasteiger partial charge < -0.3 is 20.1 Å². The van der Waals surface area contributed by atoms with Crippen LogP contribution in [0, 0.1) is 5.92 Å². The first-order valence-corrected chi connectivity index (χ1v) is 12.2. The van der Waals surface area contributed by atoms with E-state index in [0.717, 1.165) is 37.1 Å². The first-order valence-electron chi connectivity index (χ1n) is 12.2. The molecule has 9 heteroatoms. The van der Waals surface area contributed by atoms with Crippen molar-refractivity contribution in [1.82, 2.24) is 25.6 Å². The lowest BCUT2D eigenvalue weighted by Crippen LogP contribution is -2.45. The van der Waals surface area contributed by atoms with E-state index in [2.05, 4.69) is 40.5 Å². The van der Waals surface area contributed by atoms with Crippen molar-refractivity contribution < 1.29 is 19.1 Å². The molecule has 0 radical (unpaired) electrons. The van der Waals surface area contributed by atoms with E-state index >= 15 is 0 Å². The number of carbonyl (C=O) groups is 2. The fraction of sp³-hybridized carbons (Fsp3) is 0.407. The van der Waals surface area contributed by atoms with Crippen molar-refractivity contribution in [3.63, 3.8) is 0 Å². The maximum absolute atomic E-state index is 12.5. The predicted octanol–water partition coefficient (Wildman–Crippen LogP) is 4.35. The Morgan fingerprint density at radius 1 is 1.28 bits per heavy atom. The van der Waals surface area contributed by atoms with Crippen LogP contribution in [0.1, 0.15) is 57.3 Å². The van der Waals surface area contributed by atoms with Crippen LogP contribution in [0.4, 0.5) is 4.79 Å². The molecule has 1 aromatic heterocycles. The van der Waals surface area contributed by atoms with Gasteiger partial charge in [0.05, 0.1) is 31.0 Å². The number of nitrogens with one attached hydrogen (secondary N) is 2. The topological polar surface area (TPSA) is 107 Å². The minimum atomic E-state index is -0.605. The number of rotatable bonds is 9. The number of ether oxygens (including phenoxy) is 2. The summed E-state index contributed by atoms with van der Waals surface area (Å²) in [4.78, 5) is 24.5. The Balaban J connectivity index is 1.35. The van der Waals surface area contributed by atoms with Crippen molar-refractivity contribution in [3.05, 3.63) is 76.8 Å². The zero-order chi connectivity index (χ0) is 25.7. The molecule has 1 unspecified atom stereocenters. The van der Waals surface area contributed by atoms with E-state index < -0.39 is 12.0 Å². The Labute approximate surface area is 211 Å². The van der Waals surface area contributed by atoms with E-state index in [0.29, 0.717) is 22.9 Å². The molecule has 1 aliphatic heterocycles. The number of amides is 2. The number of nitrogens with zero attached hydrogens (tertiary/aromatic N) is 3. The highest BCUT2D eigenvalue weighted by atomic mass is 16.5. The third-order valence-electron chi connectivity index (χ3n) is 6.52. The van der Waals surface area contributed by atoms with Crippen molar-refractivity contribution in [1.29, 1.82) is 0 Å². The molecule has 0 saturated carbocycles. The van der Waals surface area contributed by atoms with E-state index in [4.69, 9.17) is 9.47 Å². The molecule has 2 amide bonds. The minimum Gasteiger partial charge on any atom is -0.487 e. The Morgan fingerprint density at radius 2 is 2.06 bits per heavy atom. The minimum absolute atomic E-state index is 0.251. The van der Waals surface area contributed by atoms with Gasteiger partial charge in [0, 0.05) is 5.70 Å². The van der Waals surface area contributed by atoms with Crippen molar-refractivity contribution in [3.8, 4) is 5.75 Å². The largest absolute Gasteiger partial charge is 0.487 e. The second kappa shape index (κ2) is 11.2. The standard InChI is InChI=1S/C27H33N5O4/c1-5-35-26(33)24-18(4)28-27(34)29-25(24)21-10-12-23(13-11-21)36-16-22-15-32(31-30-22)14-19-6-8-20(9-7-19)17(2)3/h6,10-13,15,20,25H,2,5,7-9,14,16H2,1,3-4H3,(H2,28,29,34)/t20-,25?/m1/s1. The van der Waals surface area contributed by atoms with E-state index in [1.165, 1.54) is 11.1 Å². The SMILES string of the molecule is C=C(C)[C@@H]1CC=C(Cn2cc(COc3ccc(C4NC(=O)NC(C)=C4C(=O)OCC)cc3)nn2)CC1. The van der Waals surface area contributed by atoms with Crippen LogP contribution < -0.4 is 15.4 Å². The van der Waals surface area contributed by atoms with Crippen LogP contribution in [0.3, 0.4) is 0 Å². The van der Waals surface area contributed by atoms with E-state index in [9.17, 15) is 9.59 Å². The Hall–Kier alpha value is -3.88. The molecule has 0 spiro atoms. The van der Waals surface area contributed by atoms with Gasteiger partial charge in [-0.1, -0.05) is 41.1 Å². The molecular weight excluding hydrogens is 458 g/mol. The van der Waals surface area contributed by atoms with Crippen LogP contribution in [0.15, 0.2) is 65.5 Å². The summed E-state index contributed by atoms with van der Waals surface area (Å²) in [5.74, 6) is 0.769. The lowest BCUT2D eigenvalue weighted by Gasteiger charge is -2.28. The first kappa shape index (κ1) is 25.2. The normalized spacial score (nSPS) is 19.8. The summed E-state index contributed by atoms with van der Waals surface area (Å²) in [6.45, 7) is 10.9. The molecule has 2 atom stereocenters. The summed E-state index contributed by atoms with van der Waals surface area (Å²) in [5, 5.41) is 13.9. The van der Waals surface area contributed by atoms with Gasteiger partial charge >= 0.3 is 12.0 Å². The van der Waals surface area contributed by atoms with Gasteiger partial charge in [0.15, 0.2) is 0 Å². The molecule has 36 heavy (non-hydrogen) atoms. The Kier molecular flexibility index (Phi) is 7.87. The number of aromatic nitrogens is 3. The van der Waals surface area contributed by atoms with Gasteiger partial charge in [0.2, 0.25) is 0 Å². The number of hydrogen-bond donors (Lipinski definition) is 2. The lowest BCUT2D eigenvalue weighted by atomic mass is 9.85. The molecule has 1 aliphatic carbocycles. The number of esters is 1. The molecule has 0 bridgehead atoms. The summed E-state index contributed by atoms with van der Waals surface area (Å²) < 4.78 is 12.9.